The highest BCUT2D eigenvalue weighted by atomic mass is 16.3. The molecule has 1 heterocycles. The maximum atomic E-state index is 9.99. The lowest BCUT2D eigenvalue weighted by atomic mass is 9.83. The molecule has 0 spiro atoms. The minimum Gasteiger partial charge on any atom is -0.388 e. The zero-order valence-corrected chi connectivity index (χ0v) is 8.25. The van der Waals surface area contributed by atoms with Gasteiger partial charge in [0.1, 0.15) is 0 Å². The first-order chi connectivity index (χ1) is 5.48. The van der Waals surface area contributed by atoms with Gasteiger partial charge in [0.25, 0.3) is 0 Å². The van der Waals surface area contributed by atoms with Gasteiger partial charge in [-0.1, -0.05) is 0 Å². The van der Waals surface area contributed by atoms with Crippen LogP contribution in [0.4, 0.5) is 0 Å². The number of nitrogens with two attached hydrogens (primary N) is 1. The van der Waals surface area contributed by atoms with Crippen molar-refractivity contribution >= 4 is 0 Å². The summed E-state index contributed by atoms with van der Waals surface area (Å²) in [7, 11) is 2.10. The van der Waals surface area contributed by atoms with Crippen LogP contribution in [0.15, 0.2) is 0 Å². The fourth-order valence-corrected chi connectivity index (χ4v) is 2.07. The van der Waals surface area contributed by atoms with Gasteiger partial charge in [-0.15, -0.1) is 0 Å². The molecule has 1 aliphatic heterocycles. The predicted octanol–water partition coefficient (Wildman–Crippen LogP) is 0.179. The SMILES string of the molecule is C[C@@H]1CC(O)(CN)C[C@H](C)N1C. The first-order valence-electron chi connectivity index (χ1n) is 4.63. The van der Waals surface area contributed by atoms with Gasteiger partial charge in [-0.3, -0.25) is 0 Å². The third kappa shape index (κ3) is 1.79. The van der Waals surface area contributed by atoms with E-state index >= 15 is 0 Å². The molecule has 0 aromatic rings. The van der Waals surface area contributed by atoms with Crippen molar-refractivity contribution in [3.05, 3.63) is 0 Å². The quantitative estimate of drug-likeness (QED) is 0.593. The average Bonchev–Trinajstić information content (AvgIpc) is 2.00. The number of aliphatic hydroxyl groups is 1. The average molecular weight is 172 g/mol. The molecule has 0 amide bonds. The van der Waals surface area contributed by atoms with E-state index in [-0.39, 0.29) is 0 Å². The number of rotatable bonds is 1. The van der Waals surface area contributed by atoms with Crippen LogP contribution in [0.25, 0.3) is 0 Å². The zero-order valence-electron chi connectivity index (χ0n) is 8.25. The van der Waals surface area contributed by atoms with E-state index in [2.05, 4.69) is 25.8 Å². The second-order valence-electron chi connectivity index (χ2n) is 4.20. The van der Waals surface area contributed by atoms with Crippen LogP contribution in [0.2, 0.25) is 0 Å². The van der Waals surface area contributed by atoms with Gasteiger partial charge in [0.05, 0.1) is 5.60 Å². The predicted molar refractivity (Wildman–Crippen MR) is 49.9 cm³/mol. The van der Waals surface area contributed by atoms with E-state index < -0.39 is 5.60 Å². The lowest BCUT2D eigenvalue weighted by molar-refractivity contribution is -0.0511. The molecule has 1 saturated heterocycles. The van der Waals surface area contributed by atoms with Gasteiger partial charge < -0.3 is 15.7 Å². The first kappa shape index (κ1) is 9.96. The van der Waals surface area contributed by atoms with Crippen LogP contribution >= 0.6 is 0 Å². The molecule has 0 saturated carbocycles. The molecule has 12 heavy (non-hydrogen) atoms. The summed E-state index contributed by atoms with van der Waals surface area (Å²) in [5.41, 5.74) is 4.92. The van der Waals surface area contributed by atoms with Crippen molar-refractivity contribution in [2.75, 3.05) is 13.6 Å². The van der Waals surface area contributed by atoms with Crippen molar-refractivity contribution in [1.82, 2.24) is 4.90 Å². The van der Waals surface area contributed by atoms with Crippen LogP contribution < -0.4 is 5.73 Å². The van der Waals surface area contributed by atoms with Gasteiger partial charge in [-0.05, 0) is 33.7 Å². The molecule has 3 heteroatoms. The van der Waals surface area contributed by atoms with Crippen LogP contribution in [0.1, 0.15) is 26.7 Å². The Morgan fingerprint density at radius 1 is 1.42 bits per heavy atom. The van der Waals surface area contributed by atoms with Crippen LogP contribution in [0.5, 0.6) is 0 Å². The molecule has 1 rings (SSSR count). The Morgan fingerprint density at radius 2 is 1.83 bits per heavy atom. The van der Waals surface area contributed by atoms with E-state index in [1.807, 2.05) is 0 Å². The van der Waals surface area contributed by atoms with Crippen molar-refractivity contribution in [1.29, 1.82) is 0 Å². The van der Waals surface area contributed by atoms with Crippen LogP contribution in [-0.2, 0) is 0 Å². The summed E-state index contributed by atoms with van der Waals surface area (Å²) in [6.45, 7) is 4.65. The number of piperidine rings is 1. The normalized spacial score (nSPS) is 44.8. The molecule has 0 bridgehead atoms. The number of nitrogens with zero attached hydrogens (tertiary/aromatic N) is 1. The molecule has 3 atom stereocenters. The Morgan fingerprint density at radius 3 is 2.17 bits per heavy atom. The Balaban J connectivity index is 2.65. The lowest BCUT2D eigenvalue weighted by Crippen LogP contribution is -2.55. The molecule has 1 aliphatic rings. The molecule has 0 aliphatic carbocycles. The number of hydrogen-bond donors (Lipinski definition) is 2. The molecule has 1 fully saturated rings. The van der Waals surface area contributed by atoms with Crippen LogP contribution in [0.3, 0.4) is 0 Å². The van der Waals surface area contributed by atoms with Gasteiger partial charge in [-0.25, -0.2) is 0 Å². The minimum absolute atomic E-state index is 0.384. The molecular weight excluding hydrogens is 152 g/mol. The lowest BCUT2D eigenvalue weighted by Gasteiger charge is -2.44. The maximum Gasteiger partial charge on any atom is 0.0798 e. The highest BCUT2D eigenvalue weighted by Gasteiger charge is 2.37. The van der Waals surface area contributed by atoms with E-state index in [0.29, 0.717) is 18.6 Å². The summed E-state index contributed by atoms with van der Waals surface area (Å²) in [4.78, 5) is 2.30. The highest BCUT2D eigenvalue weighted by Crippen LogP contribution is 2.28. The second kappa shape index (κ2) is 3.32. The molecule has 0 radical (unpaired) electrons. The second-order valence-corrected chi connectivity index (χ2v) is 4.20. The summed E-state index contributed by atoms with van der Waals surface area (Å²) < 4.78 is 0. The van der Waals surface area contributed by atoms with Gasteiger partial charge in [0.2, 0.25) is 0 Å². The number of likely N-dealkylation sites (tertiary alicyclic amines) is 1. The van der Waals surface area contributed by atoms with Gasteiger partial charge in [0, 0.05) is 18.6 Å². The highest BCUT2D eigenvalue weighted by molar-refractivity contribution is 4.93. The fraction of sp³-hybridized carbons (Fsp3) is 1.00. The van der Waals surface area contributed by atoms with Crippen molar-refractivity contribution in [2.24, 2.45) is 5.73 Å². The van der Waals surface area contributed by atoms with Crippen molar-refractivity contribution < 1.29 is 5.11 Å². The Labute approximate surface area is 74.5 Å². The third-order valence-electron chi connectivity index (χ3n) is 3.12. The topological polar surface area (TPSA) is 49.5 Å². The van der Waals surface area contributed by atoms with Crippen LogP contribution in [0, 0.1) is 0 Å². The smallest absolute Gasteiger partial charge is 0.0798 e. The van der Waals surface area contributed by atoms with Crippen molar-refractivity contribution in [3.8, 4) is 0 Å². The Hall–Kier alpha value is -0.120. The molecule has 1 unspecified atom stereocenters. The molecule has 0 aromatic heterocycles. The molecule has 0 aromatic carbocycles. The molecule has 72 valence electrons. The third-order valence-corrected chi connectivity index (χ3v) is 3.12. The summed E-state index contributed by atoms with van der Waals surface area (Å²) in [5.74, 6) is 0. The molecular formula is C9H20N2O. The molecule has 3 N–H and O–H groups in total. The van der Waals surface area contributed by atoms with E-state index in [1.165, 1.54) is 0 Å². The summed E-state index contributed by atoms with van der Waals surface area (Å²) in [5, 5.41) is 9.99. The standard InChI is InChI=1S/C9H20N2O/c1-7-4-9(12,6-10)5-8(2)11(7)3/h7-8,12H,4-6,10H2,1-3H3/t7-,8+,9?. The largest absolute Gasteiger partial charge is 0.388 e. The summed E-state index contributed by atoms with van der Waals surface area (Å²) in [6, 6.07) is 0.865. The number of hydrogen-bond acceptors (Lipinski definition) is 3. The zero-order chi connectivity index (χ0) is 9.35. The van der Waals surface area contributed by atoms with Crippen molar-refractivity contribution in [2.45, 2.75) is 44.4 Å². The van der Waals surface area contributed by atoms with Gasteiger partial charge in [-0.2, -0.15) is 0 Å². The summed E-state index contributed by atoms with van der Waals surface area (Å²) >= 11 is 0. The van der Waals surface area contributed by atoms with E-state index in [9.17, 15) is 5.11 Å². The molecule has 3 nitrogen and oxygen atoms in total. The van der Waals surface area contributed by atoms with E-state index in [0.717, 1.165) is 12.8 Å². The first-order valence-corrected chi connectivity index (χ1v) is 4.63. The Kier molecular flexibility index (Phi) is 2.76. The van der Waals surface area contributed by atoms with Gasteiger partial charge >= 0.3 is 0 Å². The van der Waals surface area contributed by atoms with Gasteiger partial charge in [0.15, 0.2) is 0 Å². The maximum absolute atomic E-state index is 9.99. The summed E-state index contributed by atoms with van der Waals surface area (Å²) in [6.07, 6.45) is 1.59. The monoisotopic (exact) mass is 172 g/mol. The minimum atomic E-state index is -0.620. The van der Waals surface area contributed by atoms with Crippen LogP contribution in [-0.4, -0.2) is 41.3 Å². The van der Waals surface area contributed by atoms with E-state index in [4.69, 9.17) is 5.73 Å². The fourth-order valence-electron chi connectivity index (χ4n) is 2.07. The van der Waals surface area contributed by atoms with Crippen molar-refractivity contribution in [3.63, 3.8) is 0 Å². The van der Waals surface area contributed by atoms with E-state index in [1.54, 1.807) is 0 Å². The Bertz CT molecular complexity index is 149.